The summed E-state index contributed by atoms with van der Waals surface area (Å²) in [5.41, 5.74) is 3.03. The smallest absolute Gasteiger partial charge is 0.274 e. The Morgan fingerprint density at radius 2 is 1.82 bits per heavy atom. The Morgan fingerprint density at radius 1 is 1.09 bits per heavy atom. The molecule has 166 valence electrons. The molecule has 0 saturated carbocycles. The van der Waals surface area contributed by atoms with Gasteiger partial charge in [-0.1, -0.05) is 65.9 Å². The number of aryl methyl sites for hydroxylation is 1. The predicted octanol–water partition coefficient (Wildman–Crippen LogP) is 2.35. The second kappa shape index (κ2) is 8.70. The fourth-order valence-electron chi connectivity index (χ4n) is 3.93. The Balaban J connectivity index is 1.27. The zero-order valence-corrected chi connectivity index (χ0v) is 18.1. The Bertz CT molecular complexity index is 1280. The fourth-order valence-corrected chi connectivity index (χ4v) is 3.93. The number of rotatable bonds is 5. The lowest BCUT2D eigenvalue weighted by molar-refractivity contribution is -0.120. The highest BCUT2D eigenvalue weighted by molar-refractivity contribution is 6.01. The van der Waals surface area contributed by atoms with E-state index in [-0.39, 0.29) is 11.6 Å². The van der Waals surface area contributed by atoms with Crippen molar-refractivity contribution in [3.8, 4) is 11.3 Å². The molecule has 9 nitrogen and oxygen atoms in total. The molecule has 2 aromatic carbocycles. The second-order valence-corrected chi connectivity index (χ2v) is 7.98. The summed E-state index contributed by atoms with van der Waals surface area (Å²) in [6.45, 7) is 1.01. The molecule has 0 aliphatic carbocycles. The number of fused-ring (bicyclic) bond motifs is 1. The molecule has 1 aliphatic heterocycles. The standard InChI is InChI=1S/C24H23N7O2/c1-29-22-14-20(18-10-6-3-7-11-18)27-31(22)13-12-19(24(29)33)25-23(32)21-16-30(28-26-21)15-17-8-4-2-5-9-17/h2-11,14,16,19H,12-13,15H2,1H3,(H,25,32). The Hall–Kier alpha value is -4.27. The van der Waals surface area contributed by atoms with E-state index >= 15 is 0 Å². The maximum Gasteiger partial charge on any atom is 0.274 e. The fraction of sp³-hybridized carbons (Fsp3) is 0.208. The Morgan fingerprint density at radius 3 is 2.58 bits per heavy atom. The molecular formula is C24H23N7O2. The molecule has 0 radical (unpaired) electrons. The number of nitrogens with one attached hydrogen (secondary N) is 1. The highest BCUT2D eigenvalue weighted by Crippen LogP contribution is 2.26. The van der Waals surface area contributed by atoms with Crippen molar-refractivity contribution < 1.29 is 9.59 Å². The highest BCUT2D eigenvalue weighted by atomic mass is 16.2. The quantitative estimate of drug-likeness (QED) is 0.513. The molecular weight excluding hydrogens is 418 g/mol. The van der Waals surface area contributed by atoms with E-state index in [0.29, 0.717) is 25.3 Å². The Kier molecular flexibility index (Phi) is 5.43. The van der Waals surface area contributed by atoms with Crippen LogP contribution in [-0.4, -0.2) is 49.7 Å². The maximum absolute atomic E-state index is 13.1. The lowest BCUT2D eigenvalue weighted by atomic mass is 10.1. The number of hydrogen-bond acceptors (Lipinski definition) is 5. The van der Waals surface area contributed by atoms with E-state index in [1.165, 1.54) is 0 Å². The number of nitrogens with zero attached hydrogens (tertiary/aromatic N) is 6. The van der Waals surface area contributed by atoms with Gasteiger partial charge in [-0.05, 0) is 12.0 Å². The van der Waals surface area contributed by atoms with Crippen molar-refractivity contribution in [2.75, 3.05) is 11.9 Å². The summed E-state index contributed by atoms with van der Waals surface area (Å²) in [6, 6.07) is 20.8. The van der Waals surface area contributed by atoms with Gasteiger partial charge >= 0.3 is 0 Å². The summed E-state index contributed by atoms with van der Waals surface area (Å²) < 4.78 is 3.41. The third-order valence-electron chi connectivity index (χ3n) is 5.69. The summed E-state index contributed by atoms with van der Waals surface area (Å²) >= 11 is 0. The van der Waals surface area contributed by atoms with E-state index in [1.807, 2.05) is 71.4 Å². The van der Waals surface area contributed by atoms with Crippen LogP contribution in [0.5, 0.6) is 0 Å². The van der Waals surface area contributed by atoms with Crippen LogP contribution in [0.15, 0.2) is 72.9 Å². The van der Waals surface area contributed by atoms with Crippen molar-refractivity contribution in [2.24, 2.45) is 0 Å². The van der Waals surface area contributed by atoms with Crippen molar-refractivity contribution in [3.05, 3.63) is 84.2 Å². The van der Waals surface area contributed by atoms with Crippen LogP contribution in [0.1, 0.15) is 22.5 Å². The van der Waals surface area contributed by atoms with Crippen LogP contribution in [-0.2, 0) is 17.9 Å². The first-order chi connectivity index (χ1) is 16.1. The number of amides is 2. The summed E-state index contributed by atoms with van der Waals surface area (Å²) in [4.78, 5) is 27.4. The number of hydrogen-bond donors (Lipinski definition) is 1. The number of benzene rings is 2. The first-order valence-corrected chi connectivity index (χ1v) is 10.7. The second-order valence-electron chi connectivity index (χ2n) is 7.98. The van der Waals surface area contributed by atoms with Gasteiger partial charge in [-0.15, -0.1) is 5.10 Å². The van der Waals surface area contributed by atoms with Gasteiger partial charge in [0.1, 0.15) is 11.9 Å². The zero-order chi connectivity index (χ0) is 22.8. The molecule has 1 aliphatic rings. The number of aromatic nitrogens is 5. The van der Waals surface area contributed by atoms with E-state index in [4.69, 9.17) is 0 Å². The number of carbonyl (C=O) groups is 2. The number of likely N-dealkylation sites (N-methyl/N-ethyl adjacent to an activating group) is 1. The first-order valence-electron chi connectivity index (χ1n) is 10.7. The van der Waals surface area contributed by atoms with Crippen LogP contribution < -0.4 is 10.2 Å². The van der Waals surface area contributed by atoms with Crippen molar-refractivity contribution in [2.45, 2.75) is 25.6 Å². The lowest BCUT2D eigenvalue weighted by Crippen LogP contribution is -2.46. The van der Waals surface area contributed by atoms with Gasteiger partial charge in [-0.3, -0.25) is 14.5 Å². The minimum absolute atomic E-state index is 0.176. The van der Waals surface area contributed by atoms with Crippen LogP contribution in [0.4, 0.5) is 5.82 Å². The van der Waals surface area contributed by atoms with Crippen molar-refractivity contribution in [3.63, 3.8) is 0 Å². The molecule has 1 atom stereocenters. The first kappa shape index (κ1) is 20.6. The molecule has 1 unspecified atom stereocenters. The van der Waals surface area contributed by atoms with E-state index in [2.05, 4.69) is 20.7 Å². The molecule has 2 aromatic heterocycles. The molecule has 3 heterocycles. The van der Waals surface area contributed by atoms with Gasteiger partial charge in [0.25, 0.3) is 11.8 Å². The van der Waals surface area contributed by atoms with Crippen LogP contribution in [0.25, 0.3) is 11.3 Å². The topological polar surface area (TPSA) is 97.9 Å². The van der Waals surface area contributed by atoms with E-state index in [9.17, 15) is 9.59 Å². The van der Waals surface area contributed by atoms with Gasteiger partial charge in [0.05, 0.1) is 18.4 Å². The predicted molar refractivity (Wildman–Crippen MR) is 123 cm³/mol. The molecule has 2 amide bonds. The van der Waals surface area contributed by atoms with Gasteiger partial charge < -0.3 is 5.32 Å². The van der Waals surface area contributed by atoms with Gasteiger partial charge in [0, 0.05) is 25.2 Å². The molecule has 0 saturated heterocycles. The van der Waals surface area contributed by atoms with E-state index in [0.717, 1.165) is 16.8 Å². The normalized spacial score (nSPS) is 15.7. The average Bonchev–Trinajstić information content (AvgIpc) is 3.47. The van der Waals surface area contributed by atoms with Crippen LogP contribution in [0.3, 0.4) is 0 Å². The summed E-state index contributed by atoms with van der Waals surface area (Å²) in [6.07, 6.45) is 2.01. The molecule has 9 heteroatoms. The lowest BCUT2D eigenvalue weighted by Gasteiger charge is -2.20. The monoisotopic (exact) mass is 441 g/mol. The Labute approximate surface area is 190 Å². The zero-order valence-electron chi connectivity index (χ0n) is 18.1. The maximum atomic E-state index is 13.1. The van der Waals surface area contributed by atoms with Crippen molar-refractivity contribution >= 4 is 17.6 Å². The van der Waals surface area contributed by atoms with Crippen LogP contribution in [0.2, 0.25) is 0 Å². The highest BCUT2D eigenvalue weighted by Gasteiger charge is 2.31. The van der Waals surface area contributed by atoms with E-state index < -0.39 is 11.9 Å². The number of anilines is 1. The summed E-state index contributed by atoms with van der Waals surface area (Å²) in [5.74, 6) is 0.0771. The molecule has 0 spiro atoms. The summed E-state index contributed by atoms with van der Waals surface area (Å²) in [7, 11) is 1.70. The SMILES string of the molecule is CN1C(=O)C(NC(=O)c2cn(Cc3ccccc3)nn2)CCn2nc(-c3ccccc3)cc21. The largest absolute Gasteiger partial charge is 0.339 e. The molecule has 4 aromatic rings. The average molecular weight is 441 g/mol. The van der Waals surface area contributed by atoms with Gasteiger partial charge in [0.15, 0.2) is 5.69 Å². The summed E-state index contributed by atoms with van der Waals surface area (Å²) in [5, 5.41) is 15.5. The minimum Gasteiger partial charge on any atom is -0.339 e. The third kappa shape index (κ3) is 4.25. The van der Waals surface area contributed by atoms with Crippen LogP contribution in [0, 0.1) is 0 Å². The molecule has 33 heavy (non-hydrogen) atoms. The molecule has 0 bridgehead atoms. The van der Waals surface area contributed by atoms with E-state index in [1.54, 1.807) is 22.8 Å². The van der Waals surface area contributed by atoms with Crippen molar-refractivity contribution in [1.82, 2.24) is 30.1 Å². The molecule has 0 fully saturated rings. The number of carbonyl (C=O) groups excluding carboxylic acids is 2. The van der Waals surface area contributed by atoms with Crippen LogP contribution >= 0.6 is 0 Å². The van der Waals surface area contributed by atoms with Gasteiger partial charge in [0.2, 0.25) is 0 Å². The van der Waals surface area contributed by atoms with Gasteiger partial charge in [-0.25, -0.2) is 9.36 Å². The minimum atomic E-state index is -0.677. The third-order valence-corrected chi connectivity index (χ3v) is 5.69. The van der Waals surface area contributed by atoms with Gasteiger partial charge in [-0.2, -0.15) is 5.10 Å². The molecule has 1 N–H and O–H groups in total. The van der Waals surface area contributed by atoms with Crippen molar-refractivity contribution in [1.29, 1.82) is 0 Å². The molecule has 5 rings (SSSR count).